The van der Waals surface area contributed by atoms with E-state index in [-0.39, 0.29) is 29.6 Å². The second kappa shape index (κ2) is 8.73. The van der Waals surface area contributed by atoms with Gasteiger partial charge >= 0.3 is 0 Å². The van der Waals surface area contributed by atoms with Gasteiger partial charge in [-0.15, -0.1) is 11.8 Å². The van der Waals surface area contributed by atoms with Gasteiger partial charge in [0.25, 0.3) is 5.91 Å². The molecule has 0 aliphatic carbocycles. The maximum absolute atomic E-state index is 14.2. The summed E-state index contributed by atoms with van der Waals surface area (Å²) in [4.78, 5) is 46.6. The van der Waals surface area contributed by atoms with Crippen LogP contribution in [0.25, 0.3) is 0 Å². The number of aliphatic hydroxyl groups excluding tert-OH is 1. The number of carbonyl (C=O) groups is 3. The number of halogens is 1. The Labute approximate surface area is 208 Å². The number of nitrogens with zero attached hydrogens (tertiary/aromatic N) is 3. The second-order valence-corrected chi connectivity index (χ2v) is 11.2. The number of hydrogen-bond acceptors (Lipinski definition) is 5. The van der Waals surface area contributed by atoms with Crippen molar-refractivity contribution in [3.05, 3.63) is 53.6 Å². The van der Waals surface area contributed by atoms with Crippen LogP contribution >= 0.6 is 23.4 Å². The molecule has 5 rings (SSSR count). The Bertz CT molecular complexity index is 1070. The molecule has 7 nitrogen and oxygen atoms in total. The van der Waals surface area contributed by atoms with Gasteiger partial charge in [0.15, 0.2) is 0 Å². The zero-order valence-corrected chi connectivity index (χ0v) is 20.7. The summed E-state index contributed by atoms with van der Waals surface area (Å²) in [6.45, 7) is 2.50. The van der Waals surface area contributed by atoms with Gasteiger partial charge in [-0.25, -0.2) is 0 Å². The molecule has 4 aliphatic heterocycles. The molecule has 1 aromatic carbocycles. The minimum atomic E-state index is -0.883. The Morgan fingerprint density at radius 3 is 2.53 bits per heavy atom. The average molecular weight is 502 g/mol. The number of amides is 3. The quantitative estimate of drug-likeness (QED) is 0.640. The zero-order chi connectivity index (χ0) is 24.2. The van der Waals surface area contributed by atoms with E-state index >= 15 is 0 Å². The number of rotatable bonds is 4. The van der Waals surface area contributed by atoms with Gasteiger partial charge < -0.3 is 19.8 Å². The lowest BCUT2D eigenvalue weighted by molar-refractivity contribution is -0.144. The number of thioether (sulfide) groups is 1. The molecular weight excluding hydrogens is 474 g/mol. The van der Waals surface area contributed by atoms with E-state index in [0.717, 1.165) is 0 Å². The maximum Gasteiger partial charge on any atom is 0.251 e. The number of hydrogen-bond donors (Lipinski definition) is 1. The predicted octanol–water partition coefficient (Wildman–Crippen LogP) is 2.34. The third-order valence-electron chi connectivity index (χ3n) is 7.51. The van der Waals surface area contributed by atoms with Gasteiger partial charge in [-0.05, 0) is 30.7 Å². The molecule has 2 fully saturated rings. The molecule has 0 aromatic heterocycles. The van der Waals surface area contributed by atoms with E-state index < -0.39 is 28.7 Å². The van der Waals surface area contributed by atoms with Crippen molar-refractivity contribution in [2.75, 3.05) is 31.6 Å². The van der Waals surface area contributed by atoms with Crippen molar-refractivity contribution in [3.8, 4) is 0 Å². The molecule has 1 N–H and O–H groups in total. The number of fused-ring (bicyclic) bond motifs is 2. The highest BCUT2D eigenvalue weighted by atomic mass is 35.5. The third-order valence-corrected chi connectivity index (χ3v) is 9.51. The highest BCUT2D eigenvalue weighted by Crippen LogP contribution is 2.61. The fourth-order valence-electron chi connectivity index (χ4n) is 5.86. The molecule has 4 aliphatic rings. The van der Waals surface area contributed by atoms with Crippen LogP contribution in [0, 0.1) is 11.8 Å². The molecule has 0 bridgehead atoms. The lowest BCUT2D eigenvalue weighted by Gasteiger charge is -2.38. The monoisotopic (exact) mass is 501 g/mol. The van der Waals surface area contributed by atoms with Crippen molar-refractivity contribution in [1.82, 2.24) is 9.80 Å². The zero-order valence-electron chi connectivity index (χ0n) is 19.1. The van der Waals surface area contributed by atoms with Crippen molar-refractivity contribution in [1.29, 1.82) is 0 Å². The van der Waals surface area contributed by atoms with Gasteiger partial charge in [-0.1, -0.05) is 42.8 Å². The fourth-order valence-corrected chi connectivity index (χ4v) is 7.98. The summed E-state index contributed by atoms with van der Waals surface area (Å²) in [5.41, 5.74) is 0.692. The summed E-state index contributed by atoms with van der Waals surface area (Å²) >= 11 is 7.61. The van der Waals surface area contributed by atoms with Gasteiger partial charge in [-0.3, -0.25) is 14.4 Å². The fraction of sp³-hybridized carbons (Fsp3) is 0.480. The molecule has 34 heavy (non-hydrogen) atoms. The van der Waals surface area contributed by atoms with E-state index in [9.17, 15) is 19.5 Å². The Kier molecular flexibility index (Phi) is 6.02. The summed E-state index contributed by atoms with van der Waals surface area (Å²) < 4.78 is -0.883. The van der Waals surface area contributed by atoms with E-state index in [0.29, 0.717) is 30.2 Å². The Morgan fingerprint density at radius 1 is 1.12 bits per heavy atom. The average Bonchev–Trinajstić information content (AvgIpc) is 3.15. The van der Waals surface area contributed by atoms with Crippen LogP contribution in [0.4, 0.5) is 5.69 Å². The first-order valence-electron chi connectivity index (χ1n) is 11.6. The van der Waals surface area contributed by atoms with Crippen molar-refractivity contribution < 1.29 is 19.5 Å². The van der Waals surface area contributed by atoms with E-state index in [1.54, 1.807) is 57.8 Å². The molecule has 6 atom stereocenters. The smallest absolute Gasteiger partial charge is 0.251 e. The molecule has 1 aromatic rings. The first kappa shape index (κ1) is 23.5. The lowest BCUT2D eigenvalue weighted by Crippen LogP contribution is -2.56. The molecule has 0 radical (unpaired) electrons. The number of likely N-dealkylation sites (N-methyl/N-ethyl adjacent to an activating group) is 1. The highest BCUT2D eigenvalue weighted by Gasteiger charge is 2.71. The van der Waals surface area contributed by atoms with Crippen LogP contribution in [0.15, 0.2) is 48.6 Å². The van der Waals surface area contributed by atoms with Gasteiger partial charge in [0, 0.05) is 36.1 Å². The second-order valence-electron chi connectivity index (χ2n) is 9.31. The molecule has 9 heteroatoms. The predicted molar refractivity (Wildman–Crippen MR) is 133 cm³/mol. The van der Waals surface area contributed by atoms with Crippen LogP contribution in [-0.2, 0) is 14.4 Å². The first-order chi connectivity index (χ1) is 16.3. The summed E-state index contributed by atoms with van der Waals surface area (Å²) in [7, 11) is 1.75. The van der Waals surface area contributed by atoms with Crippen LogP contribution in [-0.4, -0.2) is 81.5 Å². The van der Waals surface area contributed by atoms with Crippen LogP contribution in [0.1, 0.15) is 13.3 Å². The lowest BCUT2D eigenvalue weighted by atomic mass is 9.78. The first-order valence-corrected chi connectivity index (χ1v) is 12.9. The van der Waals surface area contributed by atoms with E-state index in [2.05, 4.69) is 0 Å². The highest BCUT2D eigenvalue weighted by molar-refractivity contribution is 8.02. The van der Waals surface area contributed by atoms with Crippen LogP contribution < -0.4 is 4.90 Å². The van der Waals surface area contributed by atoms with Crippen LogP contribution in [0.3, 0.4) is 0 Å². The van der Waals surface area contributed by atoms with Crippen LogP contribution in [0.5, 0.6) is 0 Å². The Balaban J connectivity index is 1.65. The largest absolute Gasteiger partial charge is 0.394 e. The molecule has 2 saturated heterocycles. The van der Waals surface area contributed by atoms with E-state index in [1.165, 1.54) is 0 Å². The molecule has 0 saturated carbocycles. The van der Waals surface area contributed by atoms with E-state index in [1.807, 2.05) is 31.2 Å². The number of likely N-dealkylation sites (tertiary alicyclic amines) is 1. The maximum atomic E-state index is 14.2. The third kappa shape index (κ3) is 3.33. The molecule has 3 amide bonds. The number of benzene rings is 1. The minimum Gasteiger partial charge on any atom is -0.394 e. The standard InChI is InChI=1S/C25H28ClN3O4S/c1-3-16(14-30)29-21-24(33)28(17-9-7-15(26)8-10-17)13-5-11-25(21)20(23(29)32)19-18(34-25)6-4-12-27(2)22(19)31/h4-11,16,18-21,30H,3,12-14H2,1-2H3/t16-,18-,19+,20-,21?,25-/m0/s1. The van der Waals surface area contributed by atoms with Crippen molar-refractivity contribution >= 4 is 46.8 Å². The molecule has 1 spiro atoms. The SMILES string of the molecule is CC[C@@H](CO)N1C(=O)[C@@H]2[C@@H]3C(=O)N(C)CC=C[C@@H]3S[C@@]23C=CCN(c2ccc(Cl)cc2)C(=O)C13. The summed E-state index contributed by atoms with van der Waals surface area (Å²) in [5.74, 6) is -1.72. The molecule has 1 unspecified atom stereocenters. The van der Waals surface area contributed by atoms with E-state index in [4.69, 9.17) is 11.6 Å². The molecular formula is C25H28ClN3O4S. The van der Waals surface area contributed by atoms with Gasteiger partial charge in [0.05, 0.1) is 29.2 Å². The van der Waals surface area contributed by atoms with Crippen molar-refractivity contribution in [2.24, 2.45) is 11.8 Å². The van der Waals surface area contributed by atoms with Gasteiger partial charge in [0.1, 0.15) is 6.04 Å². The Morgan fingerprint density at radius 2 is 1.85 bits per heavy atom. The minimum absolute atomic E-state index is 0.0741. The normalized spacial score (nSPS) is 33.5. The van der Waals surface area contributed by atoms with Crippen molar-refractivity contribution in [2.45, 2.75) is 35.4 Å². The van der Waals surface area contributed by atoms with Crippen LogP contribution in [0.2, 0.25) is 5.02 Å². The Hall–Kier alpha value is -2.29. The number of aliphatic hydroxyl groups is 1. The molecule has 180 valence electrons. The number of carbonyl (C=O) groups excluding carboxylic acids is 3. The molecule has 4 heterocycles. The summed E-state index contributed by atoms with van der Waals surface area (Å²) in [6.07, 6.45) is 8.41. The summed E-state index contributed by atoms with van der Waals surface area (Å²) in [5, 5.41) is 10.5. The number of anilines is 1. The van der Waals surface area contributed by atoms with Gasteiger partial charge in [0.2, 0.25) is 11.8 Å². The van der Waals surface area contributed by atoms with Crippen molar-refractivity contribution in [3.63, 3.8) is 0 Å². The summed E-state index contributed by atoms with van der Waals surface area (Å²) in [6, 6.07) is 5.73. The topological polar surface area (TPSA) is 81.2 Å². The van der Waals surface area contributed by atoms with Gasteiger partial charge in [-0.2, -0.15) is 0 Å².